The number of ether oxygens (including phenoxy) is 2. The van der Waals surface area contributed by atoms with Crippen molar-refractivity contribution < 1.29 is 19.1 Å². The number of fused-ring (bicyclic) bond motifs is 1. The summed E-state index contributed by atoms with van der Waals surface area (Å²) in [7, 11) is 3.14. The van der Waals surface area contributed by atoms with Crippen LogP contribution in [-0.2, 0) is 4.79 Å². The third kappa shape index (κ3) is 4.42. The van der Waals surface area contributed by atoms with Gasteiger partial charge in [0.25, 0.3) is 5.91 Å². The molecule has 0 unspecified atom stereocenters. The summed E-state index contributed by atoms with van der Waals surface area (Å²) in [5.74, 6) is 0.508. The van der Waals surface area contributed by atoms with Crippen LogP contribution < -0.4 is 20.1 Å². The summed E-state index contributed by atoms with van der Waals surface area (Å²) in [5.41, 5.74) is 4.62. The van der Waals surface area contributed by atoms with Gasteiger partial charge in [-0.2, -0.15) is 5.10 Å². The number of hydrogen-bond acceptors (Lipinski definition) is 5. The fourth-order valence-corrected chi connectivity index (χ4v) is 4.87. The Bertz CT molecular complexity index is 1480. The van der Waals surface area contributed by atoms with Gasteiger partial charge in [0.1, 0.15) is 11.9 Å². The second-order valence-electron chi connectivity index (χ2n) is 9.00. The zero-order chi connectivity index (χ0) is 26.1. The molecular formula is C29H28N4O4. The van der Waals surface area contributed by atoms with Crippen molar-refractivity contribution in [3.05, 3.63) is 101 Å². The number of nitrogens with zero attached hydrogens (tertiary/aromatic N) is 2. The molecule has 0 bridgehead atoms. The molecule has 37 heavy (non-hydrogen) atoms. The van der Waals surface area contributed by atoms with Crippen LogP contribution >= 0.6 is 0 Å². The number of hydrogen-bond donors (Lipinski definition) is 2. The molecule has 2 N–H and O–H groups in total. The topological polar surface area (TPSA) is 94.5 Å². The number of nitrogens with one attached hydrogen (secondary N) is 2. The van der Waals surface area contributed by atoms with Gasteiger partial charge in [0.15, 0.2) is 11.5 Å². The number of para-hydroxylation sites is 1. The van der Waals surface area contributed by atoms with E-state index in [-0.39, 0.29) is 11.8 Å². The quantitative estimate of drug-likeness (QED) is 0.413. The number of amides is 2. The summed E-state index contributed by atoms with van der Waals surface area (Å²) in [6.07, 6.45) is 0. The SMILES string of the molecule is COc1ccc([C@H]2c3c(C)nn(-c4ccccc4)c3NC(=O)[C@@H]2NC(=O)c2cccc(C)c2)cc1OC. The number of aryl methyl sites for hydroxylation is 2. The van der Waals surface area contributed by atoms with Crippen molar-refractivity contribution >= 4 is 17.6 Å². The molecule has 0 fully saturated rings. The molecule has 2 amide bonds. The molecular weight excluding hydrogens is 468 g/mol. The van der Waals surface area contributed by atoms with Gasteiger partial charge >= 0.3 is 0 Å². The lowest BCUT2D eigenvalue weighted by molar-refractivity contribution is -0.118. The molecule has 8 nitrogen and oxygen atoms in total. The molecule has 5 rings (SSSR count). The van der Waals surface area contributed by atoms with Gasteiger partial charge in [0.2, 0.25) is 5.91 Å². The minimum Gasteiger partial charge on any atom is -0.493 e. The van der Waals surface area contributed by atoms with Crippen LogP contribution in [0, 0.1) is 13.8 Å². The predicted octanol–water partition coefficient (Wildman–Crippen LogP) is 4.39. The van der Waals surface area contributed by atoms with Gasteiger partial charge in [-0.05, 0) is 55.8 Å². The third-order valence-electron chi connectivity index (χ3n) is 6.61. The van der Waals surface area contributed by atoms with Gasteiger partial charge in [0, 0.05) is 17.0 Å². The highest BCUT2D eigenvalue weighted by molar-refractivity contribution is 6.04. The molecule has 3 aromatic carbocycles. The number of anilines is 1. The van der Waals surface area contributed by atoms with E-state index in [0.717, 1.165) is 28.1 Å². The van der Waals surface area contributed by atoms with Crippen molar-refractivity contribution in [1.29, 1.82) is 0 Å². The van der Waals surface area contributed by atoms with E-state index in [4.69, 9.17) is 14.6 Å². The summed E-state index contributed by atoms with van der Waals surface area (Å²) < 4.78 is 12.7. The maximum Gasteiger partial charge on any atom is 0.251 e. The van der Waals surface area contributed by atoms with Crippen molar-refractivity contribution in [2.24, 2.45) is 0 Å². The van der Waals surface area contributed by atoms with Crippen LogP contribution in [0.4, 0.5) is 5.82 Å². The summed E-state index contributed by atoms with van der Waals surface area (Å²) in [6.45, 7) is 3.83. The monoisotopic (exact) mass is 496 g/mol. The molecule has 8 heteroatoms. The Labute approximate surface area is 215 Å². The van der Waals surface area contributed by atoms with Gasteiger partial charge in [-0.1, -0.05) is 42.0 Å². The van der Waals surface area contributed by atoms with Gasteiger partial charge in [-0.3, -0.25) is 9.59 Å². The highest BCUT2D eigenvalue weighted by Gasteiger charge is 2.42. The molecule has 1 aromatic heterocycles. The van der Waals surface area contributed by atoms with E-state index in [9.17, 15) is 9.59 Å². The van der Waals surface area contributed by atoms with E-state index in [1.165, 1.54) is 0 Å². The van der Waals surface area contributed by atoms with E-state index in [0.29, 0.717) is 22.9 Å². The highest BCUT2D eigenvalue weighted by Crippen LogP contribution is 2.42. The summed E-state index contributed by atoms with van der Waals surface area (Å²) in [4.78, 5) is 26.9. The first-order chi connectivity index (χ1) is 17.9. The van der Waals surface area contributed by atoms with Crippen LogP contribution in [0.15, 0.2) is 72.8 Å². The number of benzene rings is 3. The first kappa shape index (κ1) is 24.1. The van der Waals surface area contributed by atoms with Crippen LogP contribution in [-0.4, -0.2) is 41.9 Å². The van der Waals surface area contributed by atoms with Crippen molar-refractivity contribution in [3.63, 3.8) is 0 Å². The van der Waals surface area contributed by atoms with Crippen LogP contribution in [0.3, 0.4) is 0 Å². The number of aromatic nitrogens is 2. The van der Waals surface area contributed by atoms with Crippen molar-refractivity contribution in [1.82, 2.24) is 15.1 Å². The molecule has 1 aliphatic rings. The van der Waals surface area contributed by atoms with Gasteiger partial charge in [-0.15, -0.1) is 0 Å². The second kappa shape index (κ2) is 9.81. The maximum absolute atomic E-state index is 13.6. The van der Waals surface area contributed by atoms with E-state index in [2.05, 4.69) is 10.6 Å². The zero-order valence-electron chi connectivity index (χ0n) is 21.1. The van der Waals surface area contributed by atoms with Crippen molar-refractivity contribution in [2.75, 3.05) is 19.5 Å². The Morgan fingerprint density at radius 1 is 0.946 bits per heavy atom. The van der Waals surface area contributed by atoms with Crippen molar-refractivity contribution in [2.45, 2.75) is 25.8 Å². The van der Waals surface area contributed by atoms with Crippen LogP contribution in [0.5, 0.6) is 11.5 Å². The fraction of sp³-hybridized carbons (Fsp3) is 0.207. The lowest BCUT2D eigenvalue weighted by Gasteiger charge is -2.33. The highest BCUT2D eigenvalue weighted by atomic mass is 16.5. The Kier molecular flexibility index (Phi) is 6.40. The van der Waals surface area contributed by atoms with Crippen LogP contribution in [0.1, 0.15) is 38.7 Å². The van der Waals surface area contributed by atoms with Crippen molar-refractivity contribution in [3.8, 4) is 17.2 Å². The third-order valence-corrected chi connectivity index (χ3v) is 6.61. The average molecular weight is 497 g/mol. The van der Waals surface area contributed by atoms with E-state index >= 15 is 0 Å². The molecule has 188 valence electrons. The Morgan fingerprint density at radius 2 is 1.70 bits per heavy atom. The smallest absolute Gasteiger partial charge is 0.251 e. The normalized spacial score (nSPS) is 16.5. The lowest BCUT2D eigenvalue weighted by Crippen LogP contribution is -2.50. The average Bonchev–Trinajstić information content (AvgIpc) is 3.24. The first-order valence-corrected chi connectivity index (χ1v) is 12.0. The maximum atomic E-state index is 13.6. The first-order valence-electron chi connectivity index (χ1n) is 12.0. The van der Waals surface area contributed by atoms with Gasteiger partial charge in [0.05, 0.1) is 25.6 Å². The molecule has 0 radical (unpaired) electrons. The summed E-state index contributed by atoms with van der Waals surface area (Å²) >= 11 is 0. The summed E-state index contributed by atoms with van der Waals surface area (Å²) in [5, 5.41) is 10.8. The molecule has 2 heterocycles. The van der Waals surface area contributed by atoms with Crippen LogP contribution in [0.25, 0.3) is 5.69 Å². The van der Waals surface area contributed by atoms with E-state index < -0.39 is 12.0 Å². The molecule has 0 spiro atoms. The number of methoxy groups -OCH3 is 2. The number of rotatable bonds is 6. The second-order valence-corrected chi connectivity index (χ2v) is 9.00. The molecule has 1 aliphatic heterocycles. The Morgan fingerprint density at radius 3 is 2.41 bits per heavy atom. The standard InChI is InChI=1S/C29H28N4O4/c1-17-9-8-10-20(15-17)28(34)30-26-25(19-13-14-22(36-3)23(16-19)37-4)24-18(2)32-33(27(24)31-29(26)35)21-11-6-5-7-12-21/h5-16,25-26H,1-4H3,(H,30,34)(H,31,35)/t25-,26+/m0/s1. The number of carbonyl (C=O) groups excluding carboxylic acids is 2. The van der Waals surface area contributed by atoms with Crippen LogP contribution in [0.2, 0.25) is 0 Å². The van der Waals surface area contributed by atoms with E-state index in [1.54, 1.807) is 37.1 Å². The van der Waals surface area contributed by atoms with Gasteiger partial charge < -0.3 is 20.1 Å². The minimum absolute atomic E-state index is 0.328. The van der Waals surface area contributed by atoms with E-state index in [1.807, 2.05) is 68.4 Å². The lowest BCUT2D eigenvalue weighted by atomic mass is 9.81. The Balaban J connectivity index is 1.65. The minimum atomic E-state index is -0.884. The molecule has 0 saturated carbocycles. The fourth-order valence-electron chi connectivity index (χ4n) is 4.87. The molecule has 4 aromatic rings. The molecule has 2 atom stereocenters. The van der Waals surface area contributed by atoms with Gasteiger partial charge in [-0.25, -0.2) is 4.68 Å². The molecule has 0 saturated heterocycles. The largest absolute Gasteiger partial charge is 0.493 e. The molecule has 0 aliphatic carbocycles. The number of carbonyl (C=O) groups is 2. The predicted molar refractivity (Wildman–Crippen MR) is 141 cm³/mol. The summed E-state index contributed by atoms with van der Waals surface area (Å²) in [6, 6.07) is 21.5. The Hall–Kier alpha value is -4.59. The zero-order valence-corrected chi connectivity index (χ0v) is 21.1.